The van der Waals surface area contributed by atoms with Crippen molar-refractivity contribution in [3.05, 3.63) is 29.8 Å². The average Bonchev–Trinajstić information content (AvgIpc) is 2.44. The van der Waals surface area contributed by atoms with E-state index in [-0.39, 0.29) is 18.0 Å². The zero-order chi connectivity index (χ0) is 15.1. The third kappa shape index (κ3) is 4.85. The van der Waals surface area contributed by atoms with E-state index in [9.17, 15) is 4.79 Å². The van der Waals surface area contributed by atoms with Gasteiger partial charge in [0.1, 0.15) is 5.75 Å². The van der Waals surface area contributed by atoms with E-state index in [1.165, 1.54) is 0 Å². The largest absolute Gasteiger partial charge is 0.481 e. The van der Waals surface area contributed by atoms with E-state index < -0.39 is 6.10 Å². The van der Waals surface area contributed by atoms with Crippen LogP contribution in [0.5, 0.6) is 5.75 Å². The second-order valence-corrected chi connectivity index (χ2v) is 5.14. The Labute approximate surface area is 121 Å². The Kier molecular flexibility index (Phi) is 6.52. The third-order valence-electron chi connectivity index (χ3n) is 3.40. The van der Waals surface area contributed by atoms with Crippen LogP contribution in [0.25, 0.3) is 0 Å². The van der Waals surface area contributed by atoms with Gasteiger partial charge in [-0.1, -0.05) is 26.0 Å². The van der Waals surface area contributed by atoms with Gasteiger partial charge < -0.3 is 15.8 Å². The summed E-state index contributed by atoms with van der Waals surface area (Å²) in [5, 5.41) is 2.99. The molecule has 1 aromatic carbocycles. The zero-order valence-corrected chi connectivity index (χ0v) is 12.8. The standard InChI is InChI=1S/C16H26N2O2/c1-5-14(6-2)18-16(19)12(4)20-15-9-7-8-13(10-15)11(3)17/h7-12,14H,5-6,17H2,1-4H3,(H,18,19)/t11-,12?/m0/s1. The lowest BCUT2D eigenvalue weighted by Gasteiger charge is -2.20. The maximum absolute atomic E-state index is 12.0. The van der Waals surface area contributed by atoms with Crippen LogP contribution in [0.15, 0.2) is 24.3 Å². The molecular formula is C16H26N2O2. The van der Waals surface area contributed by atoms with Crippen molar-refractivity contribution in [1.29, 1.82) is 0 Å². The number of benzene rings is 1. The van der Waals surface area contributed by atoms with Gasteiger partial charge in [-0.3, -0.25) is 4.79 Å². The first-order valence-corrected chi connectivity index (χ1v) is 7.30. The SMILES string of the molecule is CCC(CC)NC(=O)C(C)Oc1cccc([C@H](C)N)c1. The highest BCUT2D eigenvalue weighted by molar-refractivity contribution is 5.81. The molecule has 0 radical (unpaired) electrons. The number of hydrogen-bond donors (Lipinski definition) is 2. The van der Waals surface area contributed by atoms with Crippen LogP contribution in [0.3, 0.4) is 0 Å². The maximum atomic E-state index is 12.0. The number of carbonyl (C=O) groups is 1. The van der Waals surface area contributed by atoms with E-state index in [2.05, 4.69) is 19.2 Å². The molecule has 0 aliphatic rings. The molecule has 1 unspecified atom stereocenters. The fourth-order valence-corrected chi connectivity index (χ4v) is 1.94. The summed E-state index contributed by atoms with van der Waals surface area (Å²) in [6.07, 6.45) is 1.34. The first kappa shape index (κ1) is 16.5. The molecule has 0 bridgehead atoms. The summed E-state index contributed by atoms with van der Waals surface area (Å²) in [7, 11) is 0. The highest BCUT2D eigenvalue weighted by Crippen LogP contribution is 2.18. The summed E-state index contributed by atoms with van der Waals surface area (Å²) in [5.74, 6) is 0.594. The van der Waals surface area contributed by atoms with Crippen LogP contribution in [-0.2, 0) is 4.79 Å². The summed E-state index contributed by atoms with van der Waals surface area (Å²) in [5.41, 5.74) is 6.84. The lowest BCUT2D eigenvalue weighted by Crippen LogP contribution is -2.42. The minimum atomic E-state index is -0.515. The Morgan fingerprint density at radius 1 is 1.30 bits per heavy atom. The molecule has 0 fully saturated rings. The van der Waals surface area contributed by atoms with Crippen LogP contribution in [0.4, 0.5) is 0 Å². The Hall–Kier alpha value is -1.55. The predicted octanol–water partition coefficient (Wildman–Crippen LogP) is 2.78. The molecule has 4 heteroatoms. The van der Waals surface area contributed by atoms with Gasteiger partial charge in [0.25, 0.3) is 5.91 Å². The molecule has 0 spiro atoms. The molecule has 1 aromatic rings. The molecule has 2 atom stereocenters. The molecule has 0 saturated heterocycles. The third-order valence-corrected chi connectivity index (χ3v) is 3.40. The molecular weight excluding hydrogens is 252 g/mol. The highest BCUT2D eigenvalue weighted by atomic mass is 16.5. The van der Waals surface area contributed by atoms with E-state index in [1.807, 2.05) is 31.2 Å². The van der Waals surface area contributed by atoms with Crippen molar-refractivity contribution >= 4 is 5.91 Å². The Morgan fingerprint density at radius 3 is 2.50 bits per heavy atom. The van der Waals surface area contributed by atoms with Gasteiger partial charge in [-0.15, -0.1) is 0 Å². The van der Waals surface area contributed by atoms with Crippen molar-refractivity contribution in [2.45, 2.75) is 58.7 Å². The van der Waals surface area contributed by atoms with E-state index >= 15 is 0 Å². The monoisotopic (exact) mass is 278 g/mol. The first-order valence-electron chi connectivity index (χ1n) is 7.30. The van der Waals surface area contributed by atoms with Crippen LogP contribution in [0.1, 0.15) is 52.1 Å². The van der Waals surface area contributed by atoms with Crippen molar-refractivity contribution in [3.63, 3.8) is 0 Å². The molecule has 1 amide bonds. The van der Waals surface area contributed by atoms with Crippen molar-refractivity contribution in [2.24, 2.45) is 5.73 Å². The van der Waals surface area contributed by atoms with Gasteiger partial charge in [-0.2, -0.15) is 0 Å². The lowest BCUT2D eigenvalue weighted by molar-refractivity contribution is -0.128. The number of nitrogens with two attached hydrogens (primary N) is 1. The maximum Gasteiger partial charge on any atom is 0.260 e. The minimum Gasteiger partial charge on any atom is -0.481 e. The Bertz CT molecular complexity index is 428. The van der Waals surface area contributed by atoms with Crippen LogP contribution in [0.2, 0.25) is 0 Å². The van der Waals surface area contributed by atoms with Crippen molar-refractivity contribution < 1.29 is 9.53 Å². The number of amides is 1. The number of nitrogens with one attached hydrogen (secondary N) is 1. The topological polar surface area (TPSA) is 64.3 Å². The molecule has 4 nitrogen and oxygen atoms in total. The van der Waals surface area contributed by atoms with E-state index in [1.54, 1.807) is 6.92 Å². The fraction of sp³-hybridized carbons (Fsp3) is 0.562. The lowest BCUT2D eigenvalue weighted by atomic mass is 10.1. The molecule has 0 aliphatic carbocycles. The minimum absolute atomic E-state index is 0.0488. The zero-order valence-electron chi connectivity index (χ0n) is 12.8. The normalized spacial score (nSPS) is 13.9. The predicted molar refractivity (Wildman–Crippen MR) is 81.6 cm³/mol. The van der Waals surface area contributed by atoms with Gasteiger partial charge in [-0.05, 0) is 44.4 Å². The first-order chi connectivity index (χ1) is 9.47. The number of hydrogen-bond acceptors (Lipinski definition) is 3. The molecule has 0 aliphatic heterocycles. The summed E-state index contributed by atoms with van der Waals surface area (Å²) in [4.78, 5) is 12.0. The van der Waals surface area contributed by atoms with E-state index in [0.29, 0.717) is 5.75 Å². The van der Waals surface area contributed by atoms with Crippen LogP contribution in [-0.4, -0.2) is 18.1 Å². The Balaban J connectivity index is 2.63. The van der Waals surface area contributed by atoms with Gasteiger partial charge in [0, 0.05) is 12.1 Å². The molecule has 1 rings (SSSR count). The quantitative estimate of drug-likeness (QED) is 0.806. The van der Waals surface area contributed by atoms with Gasteiger partial charge in [0.15, 0.2) is 6.10 Å². The fourth-order valence-electron chi connectivity index (χ4n) is 1.94. The van der Waals surface area contributed by atoms with Crippen molar-refractivity contribution in [3.8, 4) is 5.75 Å². The van der Waals surface area contributed by atoms with Gasteiger partial charge >= 0.3 is 0 Å². The second-order valence-electron chi connectivity index (χ2n) is 5.14. The van der Waals surface area contributed by atoms with Gasteiger partial charge in [-0.25, -0.2) is 0 Å². The van der Waals surface area contributed by atoms with Gasteiger partial charge in [0.05, 0.1) is 0 Å². The number of ether oxygens (including phenoxy) is 1. The summed E-state index contributed by atoms with van der Waals surface area (Å²) < 4.78 is 5.69. The van der Waals surface area contributed by atoms with Crippen LogP contribution >= 0.6 is 0 Å². The highest BCUT2D eigenvalue weighted by Gasteiger charge is 2.17. The molecule has 112 valence electrons. The van der Waals surface area contributed by atoms with Crippen molar-refractivity contribution in [2.75, 3.05) is 0 Å². The summed E-state index contributed by atoms with van der Waals surface area (Å²) in [6.45, 7) is 7.80. The molecule has 20 heavy (non-hydrogen) atoms. The molecule has 0 saturated carbocycles. The molecule has 0 aromatic heterocycles. The summed E-state index contributed by atoms with van der Waals surface area (Å²) >= 11 is 0. The average molecular weight is 278 g/mol. The second kappa shape index (κ2) is 7.90. The number of rotatable bonds is 7. The van der Waals surface area contributed by atoms with Crippen LogP contribution in [0, 0.1) is 0 Å². The Morgan fingerprint density at radius 2 is 1.95 bits per heavy atom. The summed E-state index contributed by atoms with van der Waals surface area (Å²) in [6, 6.07) is 7.72. The molecule has 3 N–H and O–H groups in total. The van der Waals surface area contributed by atoms with E-state index in [4.69, 9.17) is 10.5 Å². The van der Waals surface area contributed by atoms with Gasteiger partial charge in [0.2, 0.25) is 0 Å². The number of carbonyl (C=O) groups excluding carboxylic acids is 1. The molecule has 0 heterocycles. The van der Waals surface area contributed by atoms with Crippen LogP contribution < -0.4 is 15.8 Å². The smallest absolute Gasteiger partial charge is 0.260 e. The van der Waals surface area contributed by atoms with E-state index in [0.717, 1.165) is 18.4 Å². The van der Waals surface area contributed by atoms with Crippen molar-refractivity contribution in [1.82, 2.24) is 5.32 Å².